The predicted molar refractivity (Wildman–Crippen MR) is 95.7 cm³/mol. The highest BCUT2D eigenvalue weighted by Gasteiger charge is 2.41. The fourth-order valence-corrected chi connectivity index (χ4v) is 3.96. The minimum Gasteiger partial charge on any atom is -0.350 e. The topological polar surface area (TPSA) is 54.3 Å². The van der Waals surface area contributed by atoms with Gasteiger partial charge in [-0.15, -0.1) is 12.4 Å². The summed E-state index contributed by atoms with van der Waals surface area (Å²) >= 11 is 0. The van der Waals surface area contributed by atoms with Crippen LogP contribution in [0, 0.1) is 0 Å². The standard InChI is InChI=1S/C18H21N3O2.ClH/c1-20-12-14(13-4-2-3-5-15(13)20)16(22)17(23)19-18-6-9-21(10-7-18)11-8-18;/h2-5,12H,6-11H2,1H3,(H,19,23);1H. The minimum atomic E-state index is -0.461. The second kappa shape index (κ2) is 6.22. The Balaban J connectivity index is 0.00000169. The van der Waals surface area contributed by atoms with Crippen LogP contribution in [-0.4, -0.2) is 46.3 Å². The van der Waals surface area contributed by atoms with Crippen molar-refractivity contribution in [2.24, 2.45) is 7.05 Å². The summed E-state index contributed by atoms with van der Waals surface area (Å²) in [6.45, 7) is 3.05. The molecule has 1 aromatic carbocycles. The monoisotopic (exact) mass is 347 g/mol. The molecule has 0 aliphatic carbocycles. The molecule has 0 spiro atoms. The van der Waals surface area contributed by atoms with E-state index >= 15 is 0 Å². The molecule has 0 unspecified atom stereocenters. The van der Waals surface area contributed by atoms with Crippen molar-refractivity contribution >= 4 is 35.0 Å². The third kappa shape index (κ3) is 2.72. The first-order valence-corrected chi connectivity index (χ1v) is 8.21. The highest BCUT2D eigenvalue weighted by molar-refractivity contribution is 6.45. The van der Waals surface area contributed by atoms with Crippen LogP contribution in [-0.2, 0) is 11.8 Å². The summed E-state index contributed by atoms with van der Waals surface area (Å²) in [5, 5.41) is 3.91. The average molecular weight is 348 g/mol. The fourth-order valence-electron chi connectivity index (χ4n) is 3.96. The molecule has 6 heteroatoms. The number of nitrogens with one attached hydrogen (secondary N) is 1. The van der Waals surface area contributed by atoms with Gasteiger partial charge in [0.2, 0.25) is 0 Å². The molecule has 0 radical (unpaired) electrons. The van der Waals surface area contributed by atoms with Crippen molar-refractivity contribution in [3.05, 3.63) is 36.0 Å². The smallest absolute Gasteiger partial charge is 0.292 e. The van der Waals surface area contributed by atoms with Gasteiger partial charge in [0.05, 0.1) is 5.56 Å². The molecule has 1 aromatic heterocycles. The molecular weight excluding hydrogens is 326 g/mol. The number of ketones is 1. The number of aromatic nitrogens is 1. The van der Waals surface area contributed by atoms with Crippen molar-refractivity contribution in [3.63, 3.8) is 0 Å². The SMILES string of the molecule is Cl.Cn1cc(C(=O)C(=O)NC23CCN(CC2)CC3)c2ccccc21. The van der Waals surface area contributed by atoms with Crippen molar-refractivity contribution in [2.45, 2.75) is 24.8 Å². The summed E-state index contributed by atoms with van der Waals surface area (Å²) in [6, 6.07) is 7.69. The van der Waals surface area contributed by atoms with Crippen LogP contribution in [0.4, 0.5) is 0 Å². The summed E-state index contributed by atoms with van der Waals surface area (Å²) in [4.78, 5) is 27.7. The minimum absolute atomic E-state index is 0. The molecule has 3 aliphatic rings. The zero-order valence-electron chi connectivity index (χ0n) is 13.7. The van der Waals surface area contributed by atoms with Crippen LogP contribution in [0.2, 0.25) is 0 Å². The van der Waals surface area contributed by atoms with Gasteiger partial charge in [-0.2, -0.15) is 0 Å². The van der Waals surface area contributed by atoms with E-state index in [0.29, 0.717) is 5.56 Å². The zero-order valence-corrected chi connectivity index (χ0v) is 14.6. The van der Waals surface area contributed by atoms with E-state index in [9.17, 15) is 9.59 Å². The van der Waals surface area contributed by atoms with Gasteiger partial charge in [-0.1, -0.05) is 18.2 Å². The Morgan fingerprint density at radius 3 is 2.38 bits per heavy atom. The summed E-state index contributed by atoms with van der Waals surface area (Å²) in [5.41, 5.74) is 1.28. The number of amides is 1. The third-order valence-electron chi connectivity index (χ3n) is 5.45. The number of hydrogen-bond acceptors (Lipinski definition) is 3. The molecule has 3 fully saturated rings. The van der Waals surface area contributed by atoms with E-state index in [1.165, 1.54) is 0 Å². The second-order valence-electron chi connectivity index (χ2n) is 6.83. The molecule has 3 saturated heterocycles. The lowest BCUT2D eigenvalue weighted by Gasteiger charge is -2.48. The average Bonchev–Trinajstić information content (AvgIpc) is 2.93. The number of rotatable bonds is 3. The number of carbonyl (C=O) groups is 2. The van der Waals surface area contributed by atoms with Crippen LogP contribution in [0.1, 0.15) is 29.6 Å². The molecule has 0 saturated carbocycles. The van der Waals surface area contributed by atoms with Crippen LogP contribution >= 0.6 is 12.4 Å². The highest BCUT2D eigenvalue weighted by Crippen LogP contribution is 2.32. The van der Waals surface area contributed by atoms with E-state index in [0.717, 1.165) is 49.8 Å². The molecule has 128 valence electrons. The largest absolute Gasteiger partial charge is 0.350 e. The number of piperidine rings is 3. The van der Waals surface area contributed by atoms with Gasteiger partial charge in [0, 0.05) is 49.3 Å². The number of para-hydroxylation sites is 1. The molecule has 5 nitrogen and oxygen atoms in total. The summed E-state index contributed by atoms with van der Waals surface area (Å²) in [5.74, 6) is -0.888. The Bertz CT molecular complexity index is 777. The molecule has 0 atom stereocenters. The molecule has 2 aromatic rings. The van der Waals surface area contributed by atoms with Crippen molar-refractivity contribution in [1.82, 2.24) is 14.8 Å². The predicted octanol–water partition coefficient (Wildman–Crippen LogP) is 2.14. The molecule has 5 rings (SSSR count). The Kier molecular flexibility index (Phi) is 4.40. The molecule has 3 aliphatic heterocycles. The number of nitrogens with zero attached hydrogens (tertiary/aromatic N) is 2. The molecule has 1 N–H and O–H groups in total. The van der Waals surface area contributed by atoms with Crippen molar-refractivity contribution in [3.8, 4) is 0 Å². The quantitative estimate of drug-likeness (QED) is 0.683. The van der Waals surface area contributed by atoms with Crippen LogP contribution in [0.25, 0.3) is 10.9 Å². The van der Waals surface area contributed by atoms with Gasteiger partial charge in [0.15, 0.2) is 0 Å². The number of fused-ring (bicyclic) bond motifs is 4. The van der Waals surface area contributed by atoms with Crippen molar-refractivity contribution in [2.75, 3.05) is 19.6 Å². The number of halogens is 1. The first-order valence-electron chi connectivity index (χ1n) is 8.21. The number of aryl methyl sites for hydroxylation is 1. The van der Waals surface area contributed by atoms with Crippen molar-refractivity contribution < 1.29 is 9.59 Å². The first kappa shape index (κ1) is 17.0. The Labute approximate surface area is 147 Å². The number of carbonyl (C=O) groups excluding carboxylic acids is 2. The Morgan fingerprint density at radius 1 is 1.08 bits per heavy atom. The van der Waals surface area contributed by atoms with E-state index in [-0.39, 0.29) is 17.9 Å². The maximum Gasteiger partial charge on any atom is 0.292 e. The first-order chi connectivity index (χ1) is 11.1. The van der Waals surface area contributed by atoms with Gasteiger partial charge in [-0.25, -0.2) is 0 Å². The normalized spacial score (nSPS) is 25.3. The molecule has 24 heavy (non-hydrogen) atoms. The molecule has 2 bridgehead atoms. The van der Waals surface area contributed by atoms with E-state index in [2.05, 4.69) is 10.2 Å². The van der Waals surface area contributed by atoms with E-state index < -0.39 is 11.7 Å². The summed E-state index contributed by atoms with van der Waals surface area (Å²) in [6.07, 6.45) is 4.60. The Morgan fingerprint density at radius 2 is 1.71 bits per heavy atom. The molecule has 4 heterocycles. The van der Waals surface area contributed by atoms with Crippen LogP contribution in [0.3, 0.4) is 0 Å². The van der Waals surface area contributed by atoms with Crippen LogP contribution < -0.4 is 5.32 Å². The number of benzene rings is 1. The second-order valence-corrected chi connectivity index (χ2v) is 6.83. The van der Waals surface area contributed by atoms with Gasteiger partial charge in [0.25, 0.3) is 11.7 Å². The maximum absolute atomic E-state index is 12.7. The van der Waals surface area contributed by atoms with Crippen molar-refractivity contribution in [1.29, 1.82) is 0 Å². The lowest BCUT2D eigenvalue weighted by Crippen LogP contribution is -2.61. The highest BCUT2D eigenvalue weighted by atomic mass is 35.5. The summed E-state index contributed by atoms with van der Waals surface area (Å²) < 4.78 is 1.90. The van der Waals surface area contributed by atoms with Crippen LogP contribution in [0.15, 0.2) is 30.5 Å². The maximum atomic E-state index is 12.7. The van der Waals surface area contributed by atoms with Crippen LogP contribution in [0.5, 0.6) is 0 Å². The zero-order chi connectivity index (χ0) is 16.0. The van der Waals surface area contributed by atoms with E-state index in [4.69, 9.17) is 0 Å². The number of Topliss-reactive ketones (excluding diaryl/α,β-unsaturated/α-hetero) is 1. The fraction of sp³-hybridized carbons (Fsp3) is 0.444. The summed E-state index contributed by atoms with van der Waals surface area (Å²) in [7, 11) is 1.90. The van der Waals surface area contributed by atoms with Gasteiger partial charge in [-0.3, -0.25) is 9.59 Å². The number of hydrogen-bond donors (Lipinski definition) is 1. The van der Waals surface area contributed by atoms with Gasteiger partial charge < -0.3 is 14.8 Å². The van der Waals surface area contributed by atoms with E-state index in [1.54, 1.807) is 6.20 Å². The van der Waals surface area contributed by atoms with Gasteiger partial charge in [0.1, 0.15) is 0 Å². The molecule has 1 amide bonds. The lowest BCUT2D eigenvalue weighted by molar-refractivity contribution is -0.120. The third-order valence-corrected chi connectivity index (χ3v) is 5.45. The lowest BCUT2D eigenvalue weighted by atomic mass is 9.80. The van der Waals surface area contributed by atoms with Gasteiger partial charge >= 0.3 is 0 Å². The van der Waals surface area contributed by atoms with Gasteiger partial charge in [-0.05, 0) is 25.3 Å². The molecular formula is C18H22ClN3O2. The Hall–Kier alpha value is -1.85. The van der Waals surface area contributed by atoms with E-state index in [1.807, 2.05) is 35.9 Å².